The van der Waals surface area contributed by atoms with Crippen LogP contribution in [0.25, 0.3) is 27.9 Å². The lowest BCUT2D eigenvalue weighted by Gasteiger charge is -2.49. The highest BCUT2D eigenvalue weighted by Crippen LogP contribution is 2.52. The highest BCUT2D eigenvalue weighted by molar-refractivity contribution is 6.07. The number of rotatable bonds is 2. The zero-order valence-corrected chi connectivity index (χ0v) is 18.7. The molecule has 4 nitrogen and oxygen atoms in total. The van der Waals surface area contributed by atoms with Crippen LogP contribution in [0, 0.1) is 6.92 Å². The van der Waals surface area contributed by atoms with Crippen LogP contribution in [-0.4, -0.2) is 23.1 Å². The highest BCUT2D eigenvalue weighted by atomic mass is 16.2. The lowest BCUT2D eigenvalue weighted by molar-refractivity contribution is -0.124. The fraction of sp³-hybridized carbons (Fsp3) is 0.250. The molecule has 3 aromatic carbocycles. The molecule has 0 saturated carbocycles. The van der Waals surface area contributed by atoms with Crippen molar-refractivity contribution in [3.8, 4) is 0 Å². The van der Waals surface area contributed by atoms with E-state index < -0.39 is 5.66 Å². The van der Waals surface area contributed by atoms with Crippen molar-refractivity contribution in [2.75, 3.05) is 11.4 Å². The van der Waals surface area contributed by atoms with E-state index in [0.717, 1.165) is 23.1 Å². The van der Waals surface area contributed by atoms with Crippen molar-refractivity contribution < 1.29 is 4.79 Å². The number of amides is 1. The lowest BCUT2D eigenvalue weighted by Crippen LogP contribution is -2.68. The van der Waals surface area contributed by atoms with Crippen molar-refractivity contribution in [1.82, 2.24) is 10.3 Å². The number of para-hydroxylation sites is 1. The molecule has 1 amide bonds. The molecule has 4 heteroatoms. The Kier molecular flexibility index (Phi) is 3.89. The van der Waals surface area contributed by atoms with Gasteiger partial charge >= 0.3 is 0 Å². The summed E-state index contributed by atoms with van der Waals surface area (Å²) < 4.78 is 0. The third-order valence-corrected chi connectivity index (χ3v) is 7.43. The quantitative estimate of drug-likeness (QED) is 0.439. The summed E-state index contributed by atoms with van der Waals surface area (Å²) in [5, 5.41) is 5.82. The molecular weight excluding hydrogens is 394 g/mol. The fourth-order valence-corrected chi connectivity index (χ4v) is 5.65. The Morgan fingerprint density at radius 1 is 0.969 bits per heavy atom. The molecule has 2 aliphatic heterocycles. The zero-order chi connectivity index (χ0) is 22.1. The van der Waals surface area contributed by atoms with E-state index >= 15 is 0 Å². The van der Waals surface area contributed by atoms with E-state index in [1.54, 1.807) is 0 Å². The van der Waals surface area contributed by atoms with Crippen molar-refractivity contribution in [2.24, 2.45) is 0 Å². The molecule has 160 valence electrons. The van der Waals surface area contributed by atoms with E-state index in [4.69, 9.17) is 0 Å². The van der Waals surface area contributed by atoms with Crippen LogP contribution in [0.15, 0.2) is 66.7 Å². The van der Waals surface area contributed by atoms with Crippen molar-refractivity contribution in [2.45, 2.75) is 38.3 Å². The molecule has 4 aromatic rings. The van der Waals surface area contributed by atoms with E-state index in [-0.39, 0.29) is 11.3 Å². The van der Waals surface area contributed by atoms with Crippen LogP contribution in [0.3, 0.4) is 0 Å². The summed E-state index contributed by atoms with van der Waals surface area (Å²) in [5.74, 6) is 0.107. The molecule has 1 aromatic heterocycles. The average molecular weight is 422 g/mol. The van der Waals surface area contributed by atoms with Gasteiger partial charge in [0.05, 0.1) is 0 Å². The number of aromatic nitrogens is 1. The number of nitrogens with zero attached hydrogens (tertiary/aromatic N) is 1. The Bertz CT molecular complexity index is 1430. The third-order valence-electron chi connectivity index (χ3n) is 7.43. The number of H-pyrrole nitrogens is 1. The number of hydrogen-bond donors (Lipinski definition) is 2. The van der Waals surface area contributed by atoms with Crippen LogP contribution in [0.1, 0.15) is 37.0 Å². The molecule has 0 radical (unpaired) electrons. The molecule has 0 aliphatic carbocycles. The smallest absolute Gasteiger partial charge is 0.223 e. The van der Waals surface area contributed by atoms with Gasteiger partial charge in [-0.2, -0.15) is 0 Å². The number of anilines is 1. The maximum atomic E-state index is 12.6. The summed E-state index contributed by atoms with van der Waals surface area (Å²) in [6, 6.07) is 21.5. The summed E-state index contributed by atoms with van der Waals surface area (Å²) >= 11 is 0. The first-order valence-corrected chi connectivity index (χ1v) is 11.3. The van der Waals surface area contributed by atoms with Gasteiger partial charge in [-0.05, 0) is 48.4 Å². The second-order valence-electron chi connectivity index (χ2n) is 9.67. The maximum Gasteiger partial charge on any atom is 0.223 e. The molecule has 0 unspecified atom stereocenters. The van der Waals surface area contributed by atoms with E-state index in [9.17, 15) is 4.79 Å². The summed E-state index contributed by atoms with van der Waals surface area (Å²) in [7, 11) is 0. The third kappa shape index (κ3) is 2.52. The number of carbonyl (C=O) groups excluding carboxylic acids is 1. The number of hydrogen-bond acceptors (Lipinski definition) is 2. The normalized spacial score (nSPS) is 21.8. The molecule has 1 fully saturated rings. The number of nitrogens with one attached hydrogen (secondary N) is 2. The number of carbonyl (C=O) groups is 1. The molecule has 32 heavy (non-hydrogen) atoms. The Morgan fingerprint density at radius 2 is 1.78 bits per heavy atom. The van der Waals surface area contributed by atoms with Gasteiger partial charge in [-0.3, -0.25) is 4.79 Å². The first kappa shape index (κ1) is 19.2. The van der Waals surface area contributed by atoms with Crippen molar-refractivity contribution in [1.29, 1.82) is 0 Å². The topological polar surface area (TPSA) is 48.1 Å². The summed E-state index contributed by atoms with van der Waals surface area (Å²) in [6.45, 7) is 7.33. The number of aryl methyl sites for hydroxylation is 1. The minimum absolute atomic E-state index is 0.107. The second-order valence-corrected chi connectivity index (χ2v) is 9.67. The predicted molar refractivity (Wildman–Crippen MR) is 132 cm³/mol. The van der Waals surface area contributed by atoms with Crippen LogP contribution in [0.2, 0.25) is 0 Å². The maximum absolute atomic E-state index is 12.6. The molecule has 2 N–H and O–H groups in total. The molecule has 1 saturated heterocycles. The van der Waals surface area contributed by atoms with Gasteiger partial charge in [0.25, 0.3) is 0 Å². The largest absolute Gasteiger partial charge is 0.355 e. The molecule has 0 spiro atoms. The van der Waals surface area contributed by atoms with Gasteiger partial charge in [0.2, 0.25) is 5.91 Å². The number of benzene rings is 3. The Balaban J connectivity index is 1.48. The van der Waals surface area contributed by atoms with Crippen LogP contribution < -0.4 is 10.2 Å². The van der Waals surface area contributed by atoms with E-state index in [2.05, 4.69) is 109 Å². The predicted octanol–water partition coefficient (Wildman–Crippen LogP) is 5.66. The van der Waals surface area contributed by atoms with Gasteiger partial charge in [0, 0.05) is 45.9 Å². The molecule has 0 bridgehead atoms. The summed E-state index contributed by atoms with van der Waals surface area (Å²) in [6.07, 6.45) is 4.88. The minimum atomic E-state index is -0.590. The number of fused-ring (bicyclic) bond motifs is 6. The first-order valence-electron chi connectivity index (χ1n) is 11.3. The molecule has 6 rings (SSSR count). The Morgan fingerprint density at radius 3 is 2.66 bits per heavy atom. The Labute approximate surface area is 187 Å². The van der Waals surface area contributed by atoms with Crippen LogP contribution in [0.5, 0.6) is 0 Å². The van der Waals surface area contributed by atoms with Crippen LogP contribution >= 0.6 is 0 Å². The van der Waals surface area contributed by atoms with Crippen molar-refractivity contribution in [3.05, 3.63) is 83.4 Å². The molecule has 2 aliphatic rings. The SMILES string of the molecule is Cc1ccc2c(c1)C(C)(C)[C@]1(/C=C/c3ccc4[nH]c5ccccc5c4c3)NC(=O)CCN21. The molecule has 3 heterocycles. The zero-order valence-electron chi connectivity index (χ0n) is 18.7. The van der Waals surface area contributed by atoms with Crippen LogP contribution in [-0.2, 0) is 10.2 Å². The summed E-state index contributed by atoms with van der Waals surface area (Å²) in [5.41, 5.74) is 6.30. The molecule has 1 atom stereocenters. The second kappa shape index (κ2) is 6.49. The van der Waals surface area contributed by atoms with Gasteiger partial charge in [-0.25, -0.2) is 0 Å². The van der Waals surface area contributed by atoms with Gasteiger partial charge in [0.1, 0.15) is 5.66 Å². The first-order chi connectivity index (χ1) is 15.4. The van der Waals surface area contributed by atoms with Crippen LogP contribution in [0.4, 0.5) is 5.69 Å². The van der Waals surface area contributed by atoms with E-state index in [0.29, 0.717) is 6.42 Å². The van der Waals surface area contributed by atoms with Gasteiger partial charge in [0.15, 0.2) is 0 Å². The average Bonchev–Trinajstić information content (AvgIpc) is 3.23. The van der Waals surface area contributed by atoms with E-state index in [1.807, 2.05) is 0 Å². The fourth-order valence-electron chi connectivity index (χ4n) is 5.65. The highest BCUT2D eigenvalue weighted by Gasteiger charge is 2.57. The lowest BCUT2D eigenvalue weighted by atomic mass is 9.74. The molecular formula is C28H27N3O. The Hall–Kier alpha value is -3.53. The monoisotopic (exact) mass is 421 g/mol. The number of aromatic amines is 1. The van der Waals surface area contributed by atoms with Gasteiger partial charge in [-0.15, -0.1) is 0 Å². The van der Waals surface area contributed by atoms with Gasteiger partial charge in [-0.1, -0.05) is 61.9 Å². The standard InChI is InChI=1S/C28H27N3O/c1-18-8-11-25-22(16-18)27(2,3)28(30-26(32)13-15-31(25)28)14-12-19-9-10-24-21(17-19)20-6-4-5-7-23(20)29-24/h4-12,14,16-17,29H,13,15H2,1-3H3,(H,30,32)/b14-12+/t28-/m1/s1. The van der Waals surface area contributed by atoms with Gasteiger partial charge < -0.3 is 15.2 Å². The van der Waals surface area contributed by atoms with E-state index in [1.165, 1.54) is 27.6 Å². The summed E-state index contributed by atoms with van der Waals surface area (Å²) in [4.78, 5) is 18.5. The van der Waals surface area contributed by atoms with Crippen molar-refractivity contribution in [3.63, 3.8) is 0 Å². The minimum Gasteiger partial charge on any atom is -0.355 e. The van der Waals surface area contributed by atoms with Crippen molar-refractivity contribution >= 4 is 39.5 Å².